The molecular formula is C18H29N3O2. The third kappa shape index (κ3) is 3.63. The molecule has 0 amide bonds. The molecule has 3 atom stereocenters. The number of piperidine rings is 1. The van der Waals surface area contributed by atoms with E-state index in [-0.39, 0.29) is 0 Å². The fraction of sp³-hybridized carbons (Fsp3) is 0.778. The number of hydrogen-bond donors (Lipinski definition) is 0. The Bertz CT molecular complexity index is 484. The zero-order chi connectivity index (χ0) is 15.6. The van der Waals surface area contributed by atoms with Gasteiger partial charge in [0.2, 0.25) is 0 Å². The second-order valence-corrected chi connectivity index (χ2v) is 7.50. The van der Waals surface area contributed by atoms with Crippen molar-refractivity contribution in [3.05, 3.63) is 24.2 Å². The highest BCUT2D eigenvalue weighted by atomic mass is 16.5. The number of likely N-dealkylation sites (N-methyl/N-ethyl adjacent to an activating group) is 1. The first-order valence-electron chi connectivity index (χ1n) is 9.05. The minimum absolute atomic E-state index is 0.419. The molecule has 5 nitrogen and oxygen atoms in total. The average molecular weight is 319 g/mol. The van der Waals surface area contributed by atoms with Crippen LogP contribution in [0.25, 0.3) is 0 Å². The molecule has 0 aromatic carbocycles. The highest BCUT2D eigenvalue weighted by Crippen LogP contribution is 2.35. The lowest BCUT2D eigenvalue weighted by Crippen LogP contribution is -2.49. The van der Waals surface area contributed by atoms with Gasteiger partial charge in [0.1, 0.15) is 5.76 Å². The second-order valence-electron chi connectivity index (χ2n) is 7.50. The van der Waals surface area contributed by atoms with Gasteiger partial charge in [0.05, 0.1) is 25.5 Å². The molecule has 3 aliphatic heterocycles. The molecule has 0 bridgehead atoms. The van der Waals surface area contributed by atoms with Gasteiger partial charge in [-0.2, -0.15) is 0 Å². The summed E-state index contributed by atoms with van der Waals surface area (Å²) < 4.78 is 11.7. The van der Waals surface area contributed by atoms with Gasteiger partial charge >= 0.3 is 0 Å². The van der Waals surface area contributed by atoms with Gasteiger partial charge in [0.15, 0.2) is 0 Å². The third-order valence-electron chi connectivity index (χ3n) is 5.89. The molecule has 0 radical (unpaired) electrons. The molecule has 5 heteroatoms. The van der Waals surface area contributed by atoms with Crippen molar-refractivity contribution in [2.75, 3.05) is 59.5 Å². The second kappa shape index (κ2) is 6.93. The minimum Gasteiger partial charge on any atom is -0.468 e. The molecular weight excluding hydrogens is 290 g/mol. The Morgan fingerprint density at radius 2 is 2.00 bits per heavy atom. The van der Waals surface area contributed by atoms with Crippen LogP contribution < -0.4 is 0 Å². The Morgan fingerprint density at radius 3 is 2.78 bits per heavy atom. The van der Waals surface area contributed by atoms with Crippen LogP contribution in [0.15, 0.2) is 22.8 Å². The van der Waals surface area contributed by atoms with E-state index in [2.05, 4.69) is 27.8 Å². The first kappa shape index (κ1) is 15.6. The molecule has 4 heterocycles. The van der Waals surface area contributed by atoms with Crippen LogP contribution in [-0.2, 0) is 11.3 Å². The third-order valence-corrected chi connectivity index (χ3v) is 5.89. The Labute approximate surface area is 139 Å². The van der Waals surface area contributed by atoms with Gasteiger partial charge in [0.25, 0.3) is 0 Å². The summed E-state index contributed by atoms with van der Waals surface area (Å²) in [5.74, 6) is 2.54. The number of nitrogens with zero attached hydrogens (tertiary/aromatic N) is 3. The normalized spacial score (nSPS) is 33.9. The number of hydrogen-bond acceptors (Lipinski definition) is 5. The van der Waals surface area contributed by atoms with E-state index < -0.39 is 0 Å². The number of rotatable bonds is 4. The SMILES string of the molecule is CN1CCN(C[C@H]2OC[C@@H]3CCN(Cc4ccco4)C[C@@H]32)CC1. The van der Waals surface area contributed by atoms with E-state index in [1.54, 1.807) is 6.26 Å². The predicted molar refractivity (Wildman–Crippen MR) is 89.3 cm³/mol. The number of fused-ring (bicyclic) bond motifs is 1. The fourth-order valence-corrected chi connectivity index (χ4v) is 4.34. The standard InChI is InChI=1S/C18H29N3O2/c1-19-6-8-20(9-7-19)13-18-17-12-21(5-4-15(17)14-23-18)11-16-3-2-10-22-16/h2-3,10,15,17-18H,4-9,11-14H2,1H3/t15-,17-,18+/m0/s1. The van der Waals surface area contributed by atoms with Crippen LogP contribution in [0.1, 0.15) is 12.2 Å². The monoisotopic (exact) mass is 319 g/mol. The molecule has 1 aromatic rings. The smallest absolute Gasteiger partial charge is 0.117 e. The van der Waals surface area contributed by atoms with E-state index in [1.807, 2.05) is 6.07 Å². The maximum Gasteiger partial charge on any atom is 0.117 e. The lowest BCUT2D eigenvalue weighted by atomic mass is 9.84. The lowest BCUT2D eigenvalue weighted by Gasteiger charge is -2.38. The van der Waals surface area contributed by atoms with Crippen LogP contribution in [-0.4, -0.2) is 80.3 Å². The van der Waals surface area contributed by atoms with Crippen LogP contribution in [0.3, 0.4) is 0 Å². The lowest BCUT2D eigenvalue weighted by molar-refractivity contribution is 0.0290. The number of piperazine rings is 1. The van der Waals surface area contributed by atoms with Crippen molar-refractivity contribution in [1.29, 1.82) is 0 Å². The molecule has 3 aliphatic rings. The summed E-state index contributed by atoms with van der Waals surface area (Å²) in [6, 6.07) is 4.07. The fourth-order valence-electron chi connectivity index (χ4n) is 4.34. The topological polar surface area (TPSA) is 32.1 Å². The van der Waals surface area contributed by atoms with Gasteiger partial charge in [-0.1, -0.05) is 0 Å². The highest BCUT2D eigenvalue weighted by Gasteiger charge is 2.41. The number of ether oxygens (including phenoxy) is 1. The summed E-state index contributed by atoms with van der Waals surface area (Å²) in [6.45, 7) is 10.1. The van der Waals surface area contributed by atoms with Crippen molar-refractivity contribution in [2.45, 2.75) is 19.1 Å². The molecule has 0 saturated carbocycles. The van der Waals surface area contributed by atoms with E-state index in [9.17, 15) is 0 Å². The molecule has 3 fully saturated rings. The Hall–Kier alpha value is -0.880. The quantitative estimate of drug-likeness (QED) is 0.837. The molecule has 0 spiro atoms. The maximum absolute atomic E-state index is 6.21. The Kier molecular flexibility index (Phi) is 4.71. The van der Waals surface area contributed by atoms with Crippen LogP contribution >= 0.6 is 0 Å². The zero-order valence-electron chi connectivity index (χ0n) is 14.2. The van der Waals surface area contributed by atoms with Crippen LogP contribution in [0.5, 0.6) is 0 Å². The van der Waals surface area contributed by atoms with Crippen LogP contribution in [0.2, 0.25) is 0 Å². The van der Waals surface area contributed by atoms with Gasteiger partial charge in [-0.3, -0.25) is 9.80 Å². The summed E-state index contributed by atoms with van der Waals surface area (Å²) in [6.07, 6.45) is 3.46. The molecule has 0 N–H and O–H groups in total. The van der Waals surface area contributed by atoms with Gasteiger partial charge < -0.3 is 14.1 Å². The summed E-state index contributed by atoms with van der Waals surface area (Å²) in [5, 5.41) is 0. The van der Waals surface area contributed by atoms with E-state index in [4.69, 9.17) is 9.15 Å². The van der Waals surface area contributed by atoms with Crippen molar-refractivity contribution in [1.82, 2.24) is 14.7 Å². The van der Waals surface area contributed by atoms with Crippen LogP contribution in [0.4, 0.5) is 0 Å². The van der Waals surface area contributed by atoms with E-state index in [1.165, 1.54) is 39.1 Å². The van der Waals surface area contributed by atoms with E-state index >= 15 is 0 Å². The van der Waals surface area contributed by atoms with Crippen molar-refractivity contribution in [3.8, 4) is 0 Å². The molecule has 4 rings (SSSR count). The predicted octanol–water partition coefficient (Wildman–Crippen LogP) is 1.36. The first-order valence-corrected chi connectivity index (χ1v) is 9.05. The van der Waals surface area contributed by atoms with Crippen molar-refractivity contribution in [2.24, 2.45) is 11.8 Å². The van der Waals surface area contributed by atoms with Crippen molar-refractivity contribution < 1.29 is 9.15 Å². The van der Waals surface area contributed by atoms with Gasteiger partial charge in [-0.15, -0.1) is 0 Å². The minimum atomic E-state index is 0.419. The van der Waals surface area contributed by atoms with Gasteiger partial charge in [-0.05, 0) is 38.1 Å². The summed E-state index contributed by atoms with van der Waals surface area (Å²) in [4.78, 5) is 7.56. The highest BCUT2D eigenvalue weighted by molar-refractivity contribution is 4.99. The largest absolute Gasteiger partial charge is 0.468 e. The van der Waals surface area contributed by atoms with Crippen molar-refractivity contribution >= 4 is 0 Å². The molecule has 1 aromatic heterocycles. The molecule has 0 aliphatic carbocycles. The zero-order valence-corrected chi connectivity index (χ0v) is 14.2. The summed E-state index contributed by atoms with van der Waals surface area (Å²) >= 11 is 0. The van der Waals surface area contributed by atoms with Gasteiger partial charge in [0, 0.05) is 45.2 Å². The number of likely N-dealkylation sites (tertiary alicyclic amines) is 1. The van der Waals surface area contributed by atoms with E-state index in [0.29, 0.717) is 12.0 Å². The maximum atomic E-state index is 6.21. The first-order chi connectivity index (χ1) is 11.3. The molecule has 128 valence electrons. The van der Waals surface area contributed by atoms with E-state index in [0.717, 1.165) is 37.9 Å². The molecule has 3 saturated heterocycles. The van der Waals surface area contributed by atoms with Crippen LogP contribution in [0, 0.1) is 11.8 Å². The molecule has 23 heavy (non-hydrogen) atoms. The summed E-state index contributed by atoms with van der Waals surface area (Å²) in [5.41, 5.74) is 0. The summed E-state index contributed by atoms with van der Waals surface area (Å²) in [7, 11) is 2.22. The molecule has 0 unspecified atom stereocenters. The van der Waals surface area contributed by atoms with Gasteiger partial charge in [-0.25, -0.2) is 0 Å². The number of furan rings is 1. The Morgan fingerprint density at radius 1 is 1.13 bits per heavy atom. The average Bonchev–Trinajstić information content (AvgIpc) is 3.20. The van der Waals surface area contributed by atoms with Crippen molar-refractivity contribution in [3.63, 3.8) is 0 Å². The Balaban J connectivity index is 1.33.